The summed E-state index contributed by atoms with van der Waals surface area (Å²) in [6, 6.07) is 9.59. The Labute approximate surface area is 181 Å². The van der Waals surface area contributed by atoms with Crippen LogP contribution in [0.15, 0.2) is 41.3 Å². The Balaban J connectivity index is 1.72. The first-order valence-corrected chi connectivity index (χ1v) is 10.8. The number of nitro benzene ring substituents is 1. The summed E-state index contributed by atoms with van der Waals surface area (Å²) in [5.41, 5.74) is 2.43. The summed E-state index contributed by atoms with van der Waals surface area (Å²) in [6.45, 7) is 1.87. The average molecular weight is 453 g/mol. The third kappa shape index (κ3) is 3.45. The molecule has 2 aromatic carbocycles. The number of hydrogen-bond donors (Lipinski definition) is 2. The lowest BCUT2D eigenvalue weighted by Crippen LogP contribution is -2.42. The maximum atomic E-state index is 12.0. The molecule has 0 radical (unpaired) electrons. The topological polar surface area (TPSA) is 92.5 Å². The van der Waals surface area contributed by atoms with E-state index in [4.69, 9.17) is 23.2 Å². The van der Waals surface area contributed by atoms with Gasteiger partial charge in [0.1, 0.15) is 6.04 Å². The van der Waals surface area contributed by atoms with Crippen LogP contribution in [0.5, 0.6) is 0 Å². The van der Waals surface area contributed by atoms with Crippen molar-refractivity contribution in [1.29, 1.82) is 0 Å². The molecule has 29 heavy (non-hydrogen) atoms. The van der Waals surface area contributed by atoms with E-state index in [1.165, 1.54) is 17.8 Å². The molecule has 1 heterocycles. The fourth-order valence-corrected chi connectivity index (χ4v) is 6.54. The number of nitro groups is 1. The van der Waals surface area contributed by atoms with Crippen molar-refractivity contribution in [1.82, 2.24) is 0 Å². The van der Waals surface area contributed by atoms with Crippen molar-refractivity contribution in [2.45, 2.75) is 40.8 Å². The lowest BCUT2D eigenvalue weighted by molar-refractivity contribution is -0.387. The molecule has 2 aromatic rings. The number of carboxylic acid groups (broad SMARTS) is 1. The van der Waals surface area contributed by atoms with Crippen LogP contribution < -0.4 is 5.32 Å². The van der Waals surface area contributed by atoms with Crippen molar-refractivity contribution in [2.75, 3.05) is 5.32 Å². The van der Waals surface area contributed by atoms with E-state index < -0.39 is 16.9 Å². The van der Waals surface area contributed by atoms with Crippen LogP contribution in [0.3, 0.4) is 0 Å². The lowest BCUT2D eigenvalue weighted by atomic mass is 9.79. The predicted molar refractivity (Wildman–Crippen MR) is 114 cm³/mol. The zero-order chi connectivity index (χ0) is 20.9. The number of aliphatic carboxylic acids is 1. The van der Waals surface area contributed by atoms with Gasteiger partial charge in [0.15, 0.2) is 0 Å². The standard InChI is InChI=1S/C20H18Cl2N2O4S/c1-9-6-7-10-15-11(19(20(25)26)23-18(10)16(9)21)8-14(17(15)22)29-13-5-3-2-4-12(13)24(27)28/h2-7,11,14-15,17,19,23H,8H2,1H3,(H,25,26)/t11-,14+,15-,17-,19+/m1/s1. The molecule has 2 aliphatic rings. The van der Waals surface area contributed by atoms with E-state index >= 15 is 0 Å². The van der Waals surface area contributed by atoms with Gasteiger partial charge >= 0.3 is 5.97 Å². The largest absolute Gasteiger partial charge is 0.480 e. The van der Waals surface area contributed by atoms with E-state index in [0.29, 0.717) is 22.0 Å². The van der Waals surface area contributed by atoms with Crippen molar-refractivity contribution in [3.05, 3.63) is 62.7 Å². The smallest absolute Gasteiger partial charge is 0.326 e. The molecule has 9 heteroatoms. The van der Waals surface area contributed by atoms with Crippen LogP contribution in [0.1, 0.15) is 23.5 Å². The molecule has 1 aliphatic heterocycles. The summed E-state index contributed by atoms with van der Waals surface area (Å²) in [6.07, 6.45) is 0.532. The fraction of sp³-hybridized carbons (Fsp3) is 0.350. The molecule has 0 amide bonds. The summed E-state index contributed by atoms with van der Waals surface area (Å²) in [5, 5.41) is 24.2. The minimum Gasteiger partial charge on any atom is -0.480 e. The van der Waals surface area contributed by atoms with Crippen molar-refractivity contribution >= 4 is 52.3 Å². The molecule has 0 unspecified atom stereocenters. The minimum absolute atomic E-state index is 0.0308. The molecule has 0 aromatic heterocycles. The number of nitrogens with one attached hydrogen (secondary N) is 1. The number of aryl methyl sites for hydroxylation is 1. The first-order valence-electron chi connectivity index (χ1n) is 9.12. The Morgan fingerprint density at radius 2 is 2.03 bits per heavy atom. The molecular weight excluding hydrogens is 435 g/mol. The van der Waals surface area contributed by atoms with Gasteiger partial charge in [0.25, 0.3) is 5.69 Å². The molecule has 6 nitrogen and oxygen atoms in total. The van der Waals surface area contributed by atoms with E-state index in [0.717, 1.165) is 11.1 Å². The third-order valence-electron chi connectivity index (χ3n) is 5.72. The van der Waals surface area contributed by atoms with Gasteiger partial charge in [0.2, 0.25) is 0 Å². The van der Waals surface area contributed by atoms with E-state index in [1.807, 2.05) is 19.1 Å². The van der Waals surface area contributed by atoms with Crippen LogP contribution in [0.25, 0.3) is 0 Å². The molecule has 4 rings (SSSR count). The van der Waals surface area contributed by atoms with Crippen molar-refractivity contribution in [2.24, 2.45) is 5.92 Å². The maximum absolute atomic E-state index is 12.0. The van der Waals surface area contributed by atoms with Gasteiger partial charge in [-0.2, -0.15) is 0 Å². The second-order valence-corrected chi connectivity index (χ2v) is 9.53. The number of hydrogen-bond acceptors (Lipinski definition) is 5. The van der Waals surface area contributed by atoms with Crippen molar-refractivity contribution in [3.8, 4) is 0 Å². The van der Waals surface area contributed by atoms with Gasteiger partial charge < -0.3 is 10.4 Å². The number of fused-ring (bicyclic) bond motifs is 3. The third-order valence-corrected chi connectivity index (χ3v) is 8.32. The number of nitrogens with zero attached hydrogens (tertiary/aromatic N) is 1. The van der Waals surface area contributed by atoms with Crippen LogP contribution >= 0.6 is 35.0 Å². The summed E-state index contributed by atoms with van der Waals surface area (Å²) < 4.78 is 0. The summed E-state index contributed by atoms with van der Waals surface area (Å²) in [5.74, 6) is -1.39. The average Bonchev–Trinajstić information content (AvgIpc) is 3.00. The molecular formula is C20H18Cl2N2O4S. The Hall–Kier alpha value is -1.96. The van der Waals surface area contributed by atoms with Crippen LogP contribution in [0, 0.1) is 23.0 Å². The molecule has 0 saturated heterocycles. The van der Waals surface area contributed by atoms with Gasteiger partial charge in [-0.15, -0.1) is 23.4 Å². The molecule has 0 spiro atoms. The zero-order valence-electron chi connectivity index (χ0n) is 15.3. The van der Waals surface area contributed by atoms with Crippen LogP contribution in [-0.2, 0) is 4.79 Å². The van der Waals surface area contributed by atoms with Gasteiger partial charge in [0, 0.05) is 17.2 Å². The number of rotatable bonds is 4. The SMILES string of the molecule is Cc1ccc2c(c1Cl)N[C@H](C(=O)O)[C@@H]1C[C@H](Sc3ccccc3[N+](=O)[O-])[C@@H](Cl)[C@H]21. The second kappa shape index (κ2) is 7.70. The van der Waals surface area contributed by atoms with Crippen molar-refractivity contribution in [3.63, 3.8) is 0 Å². The first kappa shape index (κ1) is 20.3. The highest BCUT2D eigenvalue weighted by Gasteiger charge is 2.52. The van der Waals surface area contributed by atoms with E-state index in [1.54, 1.807) is 18.2 Å². The molecule has 152 valence electrons. The molecule has 0 bridgehead atoms. The highest BCUT2D eigenvalue weighted by molar-refractivity contribution is 8.00. The van der Waals surface area contributed by atoms with Gasteiger partial charge in [-0.3, -0.25) is 10.1 Å². The van der Waals surface area contributed by atoms with Gasteiger partial charge in [-0.05, 0) is 36.5 Å². The molecule has 2 N–H and O–H groups in total. The van der Waals surface area contributed by atoms with E-state index in [-0.39, 0.29) is 28.2 Å². The Bertz CT molecular complexity index is 1000. The van der Waals surface area contributed by atoms with Gasteiger partial charge in [-0.25, -0.2) is 4.79 Å². The van der Waals surface area contributed by atoms with Gasteiger partial charge in [0.05, 0.1) is 25.9 Å². The fourth-order valence-electron chi connectivity index (χ4n) is 4.37. The Kier molecular flexibility index (Phi) is 5.40. The monoisotopic (exact) mass is 452 g/mol. The quantitative estimate of drug-likeness (QED) is 0.371. The number of benzene rings is 2. The molecule has 1 aliphatic carbocycles. The van der Waals surface area contributed by atoms with Crippen LogP contribution in [-0.4, -0.2) is 32.7 Å². The van der Waals surface area contributed by atoms with E-state index in [9.17, 15) is 20.0 Å². The molecule has 5 atom stereocenters. The number of anilines is 1. The van der Waals surface area contributed by atoms with Crippen LogP contribution in [0.2, 0.25) is 5.02 Å². The number of alkyl halides is 1. The number of halogens is 2. The number of para-hydroxylation sites is 1. The highest BCUT2D eigenvalue weighted by atomic mass is 35.5. The number of carboxylic acids is 1. The van der Waals surface area contributed by atoms with Crippen molar-refractivity contribution < 1.29 is 14.8 Å². The normalized spacial score (nSPS) is 27.6. The lowest BCUT2D eigenvalue weighted by Gasteiger charge is -2.36. The molecule has 1 saturated carbocycles. The maximum Gasteiger partial charge on any atom is 0.326 e. The number of thioether (sulfide) groups is 1. The predicted octanol–water partition coefficient (Wildman–Crippen LogP) is 5.31. The zero-order valence-corrected chi connectivity index (χ0v) is 17.7. The van der Waals surface area contributed by atoms with Gasteiger partial charge in [-0.1, -0.05) is 35.9 Å². The number of carbonyl (C=O) groups is 1. The Morgan fingerprint density at radius 3 is 2.72 bits per heavy atom. The molecule has 1 fully saturated rings. The second-order valence-electron chi connectivity index (χ2n) is 7.37. The highest BCUT2D eigenvalue weighted by Crippen LogP contribution is 2.56. The van der Waals surface area contributed by atoms with E-state index in [2.05, 4.69) is 5.32 Å². The minimum atomic E-state index is -0.955. The summed E-state index contributed by atoms with van der Waals surface area (Å²) in [4.78, 5) is 23.5. The Morgan fingerprint density at radius 1 is 1.31 bits per heavy atom. The van der Waals surface area contributed by atoms with Crippen LogP contribution in [0.4, 0.5) is 11.4 Å². The summed E-state index contributed by atoms with van der Waals surface area (Å²) in [7, 11) is 0. The first-order chi connectivity index (χ1) is 13.8. The summed E-state index contributed by atoms with van der Waals surface area (Å²) >= 11 is 14.7.